The number of rotatable bonds is 5. The van der Waals surface area contributed by atoms with Crippen molar-refractivity contribution < 1.29 is 13.2 Å². The fraction of sp³-hybridized carbons (Fsp3) is 0.118. The molecule has 0 amide bonds. The molecule has 0 fully saturated rings. The minimum atomic E-state index is -3.86. The highest BCUT2D eigenvalue weighted by Crippen LogP contribution is 2.34. The first-order valence-electron chi connectivity index (χ1n) is 6.89. The zero-order chi connectivity index (χ0) is 18.6. The van der Waals surface area contributed by atoms with Gasteiger partial charge in [-0.2, -0.15) is 5.26 Å². The molecule has 2 aromatic rings. The Labute approximate surface area is 161 Å². The zero-order valence-corrected chi connectivity index (χ0v) is 16.0. The molecule has 0 aliphatic heterocycles. The fourth-order valence-corrected chi connectivity index (χ4v) is 3.83. The van der Waals surface area contributed by atoms with Crippen LogP contribution in [0.25, 0.3) is 6.08 Å². The van der Waals surface area contributed by atoms with Crippen molar-refractivity contribution in [3.63, 3.8) is 0 Å². The van der Waals surface area contributed by atoms with Crippen molar-refractivity contribution in [2.45, 2.75) is 5.75 Å². The molecule has 0 heterocycles. The number of halogens is 3. The maximum Gasteiger partial charge on any atom is 0.192 e. The highest BCUT2D eigenvalue weighted by molar-refractivity contribution is 7.95. The van der Waals surface area contributed by atoms with Crippen LogP contribution >= 0.6 is 34.8 Å². The van der Waals surface area contributed by atoms with Gasteiger partial charge in [-0.05, 0) is 35.4 Å². The Bertz CT molecular complexity index is 962. The number of sulfone groups is 1. The van der Waals surface area contributed by atoms with Crippen molar-refractivity contribution in [2.75, 3.05) is 7.11 Å². The summed E-state index contributed by atoms with van der Waals surface area (Å²) >= 11 is 17.9. The van der Waals surface area contributed by atoms with Gasteiger partial charge in [-0.3, -0.25) is 0 Å². The van der Waals surface area contributed by atoms with Crippen molar-refractivity contribution in [3.8, 4) is 11.8 Å². The van der Waals surface area contributed by atoms with E-state index in [1.807, 2.05) is 0 Å². The van der Waals surface area contributed by atoms with Crippen LogP contribution in [0.15, 0.2) is 41.3 Å². The van der Waals surface area contributed by atoms with Crippen LogP contribution in [0, 0.1) is 11.3 Å². The van der Waals surface area contributed by atoms with Gasteiger partial charge in [-0.25, -0.2) is 8.42 Å². The highest BCUT2D eigenvalue weighted by atomic mass is 35.5. The largest absolute Gasteiger partial charge is 0.497 e. The van der Waals surface area contributed by atoms with Crippen molar-refractivity contribution >= 4 is 50.7 Å². The predicted octanol–water partition coefficient (Wildman–Crippen LogP) is 5.13. The van der Waals surface area contributed by atoms with Gasteiger partial charge in [0.1, 0.15) is 16.7 Å². The van der Waals surface area contributed by atoms with Crippen LogP contribution in [-0.4, -0.2) is 15.5 Å². The average Bonchev–Trinajstić information content (AvgIpc) is 2.59. The van der Waals surface area contributed by atoms with Crippen molar-refractivity contribution in [1.82, 2.24) is 0 Å². The lowest BCUT2D eigenvalue weighted by atomic mass is 10.2. The van der Waals surface area contributed by atoms with Crippen LogP contribution in [-0.2, 0) is 15.6 Å². The second-order valence-corrected chi connectivity index (χ2v) is 8.11. The summed E-state index contributed by atoms with van der Waals surface area (Å²) < 4.78 is 30.1. The molecule has 0 spiro atoms. The number of nitriles is 1. The summed E-state index contributed by atoms with van der Waals surface area (Å²) in [5.41, 5.74) is 0.827. The Morgan fingerprint density at radius 2 is 1.76 bits per heavy atom. The molecule has 25 heavy (non-hydrogen) atoms. The monoisotopic (exact) mass is 415 g/mol. The number of nitrogens with zero attached hydrogens (tertiary/aromatic N) is 1. The van der Waals surface area contributed by atoms with Gasteiger partial charge in [0.05, 0.1) is 27.9 Å². The van der Waals surface area contributed by atoms with Gasteiger partial charge in [-0.1, -0.05) is 53.0 Å². The Morgan fingerprint density at radius 1 is 1.12 bits per heavy atom. The van der Waals surface area contributed by atoms with E-state index >= 15 is 0 Å². The Morgan fingerprint density at radius 3 is 2.32 bits per heavy atom. The zero-order valence-electron chi connectivity index (χ0n) is 13.0. The van der Waals surface area contributed by atoms with Crippen molar-refractivity contribution in [2.24, 2.45) is 0 Å². The Balaban J connectivity index is 2.38. The number of ether oxygens (including phenoxy) is 1. The SMILES string of the molecule is COc1ccc(CS(=O)(=O)/C(C#N)=C/c2ccc(Cl)c(Cl)c2Cl)cc1. The lowest BCUT2D eigenvalue weighted by molar-refractivity contribution is 0.414. The summed E-state index contributed by atoms with van der Waals surface area (Å²) in [7, 11) is -2.34. The standard InChI is InChI=1S/C17H12Cl3NO3S/c1-24-13-5-2-11(3-6-13)10-25(22,23)14(9-21)8-12-4-7-15(18)17(20)16(12)19/h2-8H,10H2,1H3/b14-8+. The smallest absolute Gasteiger partial charge is 0.192 e. The van der Waals surface area contributed by atoms with Crippen molar-refractivity contribution in [1.29, 1.82) is 5.26 Å². The van der Waals surface area contributed by atoms with E-state index in [0.717, 1.165) is 0 Å². The van der Waals surface area contributed by atoms with Crippen molar-refractivity contribution in [3.05, 3.63) is 67.5 Å². The summed E-state index contributed by atoms with van der Waals surface area (Å²) in [6.45, 7) is 0. The number of benzene rings is 2. The first-order chi connectivity index (χ1) is 11.8. The molecule has 0 radical (unpaired) electrons. The minimum absolute atomic E-state index is 0.0848. The van der Waals surface area contributed by atoms with Gasteiger partial charge < -0.3 is 4.74 Å². The lowest BCUT2D eigenvalue weighted by Gasteiger charge is -2.07. The molecule has 0 saturated carbocycles. The molecule has 0 N–H and O–H groups in total. The molecule has 0 aliphatic rings. The fourth-order valence-electron chi connectivity index (χ4n) is 2.00. The van der Waals surface area contributed by atoms with E-state index in [-0.39, 0.29) is 20.8 Å². The summed E-state index contributed by atoms with van der Waals surface area (Å²) in [6, 6.07) is 11.2. The molecule has 0 aromatic heterocycles. The summed E-state index contributed by atoms with van der Waals surface area (Å²) in [6.07, 6.45) is 1.18. The molecule has 2 aromatic carbocycles. The number of methoxy groups -OCH3 is 1. The number of allylic oxidation sites excluding steroid dienone is 1. The number of hydrogen-bond donors (Lipinski definition) is 0. The second kappa shape index (κ2) is 8.11. The van der Waals surface area contributed by atoms with Gasteiger partial charge >= 0.3 is 0 Å². The van der Waals surface area contributed by atoms with Crippen LogP contribution in [0.1, 0.15) is 11.1 Å². The van der Waals surface area contributed by atoms with Crippen LogP contribution in [0.5, 0.6) is 5.75 Å². The van der Waals surface area contributed by atoms with Crippen LogP contribution in [0.4, 0.5) is 0 Å². The number of hydrogen-bond acceptors (Lipinski definition) is 4. The lowest BCUT2D eigenvalue weighted by Crippen LogP contribution is -2.06. The molecule has 0 bridgehead atoms. The van der Waals surface area contributed by atoms with E-state index in [9.17, 15) is 13.7 Å². The van der Waals surface area contributed by atoms with Gasteiger partial charge in [0.25, 0.3) is 0 Å². The van der Waals surface area contributed by atoms with Gasteiger partial charge in [0.2, 0.25) is 0 Å². The predicted molar refractivity (Wildman–Crippen MR) is 101 cm³/mol. The normalized spacial score (nSPS) is 11.9. The van der Waals surface area contributed by atoms with Gasteiger partial charge in [-0.15, -0.1) is 0 Å². The van der Waals surface area contributed by atoms with E-state index in [1.165, 1.54) is 25.3 Å². The molecule has 0 aliphatic carbocycles. The van der Waals surface area contributed by atoms with E-state index in [1.54, 1.807) is 30.3 Å². The maximum atomic E-state index is 12.5. The van der Waals surface area contributed by atoms with Gasteiger partial charge in [0, 0.05) is 0 Å². The molecule has 0 saturated heterocycles. The third kappa shape index (κ3) is 4.68. The molecule has 2 rings (SSSR count). The van der Waals surface area contributed by atoms with Gasteiger partial charge in [0.15, 0.2) is 9.84 Å². The molecule has 0 unspecified atom stereocenters. The van der Waals surface area contributed by atoms with E-state index in [2.05, 4.69) is 0 Å². The summed E-state index contributed by atoms with van der Waals surface area (Å²) in [5.74, 6) is 0.287. The van der Waals surface area contributed by atoms with Crippen LogP contribution in [0.3, 0.4) is 0 Å². The quantitative estimate of drug-likeness (QED) is 0.500. The Hall–Kier alpha value is -1.71. The summed E-state index contributed by atoms with van der Waals surface area (Å²) in [5, 5.41) is 9.70. The van der Waals surface area contributed by atoms with E-state index in [4.69, 9.17) is 39.5 Å². The topological polar surface area (TPSA) is 67.2 Å². The second-order valence-electron chi connectivity index (χ2n) is 4.99. The third-order valence-electron chi connectivity index (χ3n) is 3.31. The van der Waals surface area contributed by atoms with Crippen LogP contribution in [0.2, 0.25) is 15.1 Å². The molecule has 4 nitrogen and oxygen atoms in total. The molecule has 0 atom stereocenters. The van der Waals surface area contributed by atoms with E-state index in [0.29, 0.717) is 16.9 Å². The third-order valence-corrected chi connectivity index (χ3v) is 6.21. The molecular weight excluding hydrogens is 405 g/mol. The first kappa shape index (κ1) is 19.6. The minimum Gasteiger partial charge on any atom is -0.497 e. The molecule has 8 heteroatoms. The first-order valence-corrected chi connectivity index (χ1v) is 9.68. The highest BCUT2D eigenvalue weighted by Gasteiger charge is 2.20. The Kier molecular flexibility index (Phi) is 6.36. The average molecular weight is 417 g/mol. The van der Waals surface area contributed by atoms with E-state index < -0.39 is 14.7 Å². The summed E-state index contributed by atoms with van der Waals surface area (Å²) in [4.78, 5) is -0.413. The van der Waals surface area contributed by atoms with Crippen LogP contribution < -0.4 is 4.74 Å². The maximum absolute atomic E-state index is 12.5. The molecular formula is C17H12Cl3NO3S. The molecule has 130 valence electrons.